The summed E-state index contributed by atoms with van der Waals surface area (Å²) in [6.07, 6.45) is 1.68. The number of aryl methyl sites for hydroxylation is 1. The quantitative estimate of drug-likeness (QED) is 0.431. The first-order valence-corrected chi connectivity index (χ1v) is 11.0. The van der Waals surface area contributed by atoms with E-state index in [4.69, 9.17) is 4.74 Å². The third kappa shape index (κ3) is 5.32. The number of nitrogens with zero attached hydrogens (tertiary/aromatic N) is 2. The topological polar surface area (TPSA) is 89.8 Å². The molecule has 0 unspecified atom stereocenters. The molecule has 0 fully saturated rings. The van der Waals surface area contributed by atoms with Crippen LogP contribution in [0.2, 0.25) is 0 Å². The van der Waals surface area contributed by atoms with Gasteiger partial charge < -0.3 is 10.1 Å². The summed E-state index contributed by atoms with van der Waals surface area (Å²) in [6.45, 7) is 1.65. The van der Waals surface area contributed by atoms with E-state index < -0.39 is 11.5 Å². The summed E-state index contributed by atoms with van der Waals surface area (Å²) in [5, 5.41) is 2.52. The Hall–Kier alpha value is -3.85. The van der Waals surface area contributed by atoms with E-state index in [1.54, 1.807) is 6.20 Å². The lowest BCUT2D eigenvalue weighted by Crippen LogP contribution is -2.33. The Labute approximate surface area is 192 Å². The van der Waals surface area contributed by atoms with Crippen molar-refractivity contribution in [2.24, 2.45) is 0 Å². The number of carbonyl (C=O) groups excluding carboxylic acids is 2. The van der Waals surface area contributed by atoms with Gasteiger partial charge in [0.25, 0.3) is 5.91 Å². The summed E-state index contributed by atoms with van der Waals surface area (Å²) in [6, 6.07) is 14.8. The maximum atomic E-state index is 13.0. The fraction of sp³-hybridized carbons (Fsp3) is 0.167. The number of rotatable bonds is 8. The van der Waals surface area contributed by atoms with Gasteiger partial charge in [-0.3, -0.25) is 18.8 Å². The Kier molecular flexibility index (Phi) is 6.60. The fourth-order valence-corrected chi connectivity index (χ4v) is 4.02. The van der Waals surface area contributed by atoms with Crippen LogP contribution < -0.4 is 15.6 Å². The Bertz CT molecular complexity index is 1360. The highest BCUT2D eigenvalue weighted by atomic mass is 32.1. The standard InChI is InChI=1S/C24H20FN3O4S/c1-15-13-28-23(31)21(32-14-17-5-3-2-4-6-17)20(27-24(28)33-15)22(30)26-12-19(29)11-16-7-9-18(25)10-8-16/h2-10,13H,11-12,14H2,1H3,(H,26,30). The van der Waals surface area contributed by atoms with Gasteiger partial charge in [0, 0.05) is 17.5 Å². The van der Waals surface area contributed by atoms with Gasteiger partial charge in [-0.1, -0.05) is 42.5 Å². The largest absolute Gasteiger partial charge is 0.481 e. The highest BCUT2D eigenvalue weighted by Crippen LogP contribution is 2.19. The molecular formula is C24H20FN3O4S. The molecule has 0 saturated heterocycles. The zero-order chi connectivity index (χ0) is 23.4. The minimum Gasteiger partial charge on any atom is -0.481 e. The second kappa shape index (κ2) is 9.74. The zero-order valence-corrected chi connectivity index (χ0v) is 18.5. The fourth-order valence-electron chi connectivity index (χ4n) is 3.20. The van der Waals surface area contributed by atoms with E-state index in [0.717, 1.165) is 10.4 Å². The van der Waals surface area contributed by atoms with Crippen molar-refractivity contribution in [3.63, 3.8) is 0 Å². The van der Waals surface area contributed by atoms with Crippen LogP contribution in [0, 0.1) is 12.7 Å². The second-order valence-corrected chi connectivity index (χ2v) is 8.60. The van der Waals surface area contributed by atoms with Gasteiger partial charge in [-0.25, -0.2) is 9.37 Å². The third-order valence-corrected chi connectivity index (χ3v) is 5.70. The van der Waals surface area contributed by atoms with E-state index in [2.05, 4.69) is 10.3 Å². The third-order valence-electron chi connectivity index (χ3n) is 4.81. The average molecular weight is 466 g/mol. The minimum atomic E-state index is -0.684. The van der Waals surface area contributed by atoms with Crippen molar-refractivity contribution < 1.29 is 18.7 Å². The normalized spacial score (nSPS) is 10.8. The van der Waals surface area contributed by atoms with E-state index in [-0.39, 0.29) is 42.6 Å². The number of nitrogens with one attached hydrogen (secondary N) is 1. The molecule has 2 aromatic heterocycles. The molecule has 7 nitrogen and oxygen atoms in total. The summed E-state index contributed by atoms with van der Waals surface area (Å²) >= 11 is 1.27. The van der Waals surface area contributed by atoms with Crippen molar-refractivity contribution in [3.05, 3.63) is 98.7 Å². The molecule has 0 saturated carbocycles. The SMILES string of the molecule is Cc1cn2c(=O)c(OCc3ccccc3)c(C(=O)NCC(=O)Cc3ccc(F)cc3)nc2s1. The lowest BCUT2D eigenvalue weighted by atomic mass is 10.1. The van der Waals surface area contributed by atoms with E-state index in [1.165, 1.54) is 40.0 Å². The summed E-state index contributed by atoms with van der Waals surface area (Å²) < 4.78 is 20.1. The Morgan fingerprint density at radius 1 is 1.09 bits per heavy atom. The molecule has 0 atom stereocenters. The molecule has 0 aliphatic carbocycles. The number of fused-ring (bicyclic) bond motifs is 1. The van der Waals surface area contributed by atoms with Crippen molar-refractivity contribution in [1.29, 1.82) is 0 Å². The minimum absolute atomic E-state index is 0.0389. The van der Waals surface area contributed by atoms with Crippen LogP contribution in [0.4, 0.5) is 4.39 Å². The van der Waals surface area contributed by atoms with E-state index in [9.17, 15) is 18.8 Å². The first-order valence-electron chi connectivity index (χ1n) is 10.1. The number of benzene rings is 2. The molecular weight excluding hydrogens is 445 g/mol. The van der Waals surface area contributed by atoms with Gasteiger partial charge in [0.2, 0.25) is 5.75 Å². The smallest absolute Gasteiger partial charge is 0.301 e. The number of amides is 1. The molecule has 1 amide bonds. The average Bonchev–Trinajstić information content (AvgIpc) is 3.19. The monoisotopic (exact) mass is 465 g/mol. The van der Waals surface area contributed by atoms with Gasteiger partial charge in [-0.2, -0.15) is 0 Å². The predicted molar refractivity (Wildman–Crippen MR) is 122 cm³/mol. The van der Waals surface area contributed by atoms with Crippen molar-refractivity contribution in [2.75, 3.05) is 6.54 Å². The molecule has 0 aliphatic rings. The van der Waals surface area contributed by atoms with Gasteiger partial charge in [-0.05, 0) is 30.2 Å². The zero-order valence-electron chi connectivity index (χ0n) is 17.7. The number of aromatic nitrogens is 2. The van der Waals surface area contributed by atoms with Gasteiger partial charge in [-0.15, -0.1) is 11.3 Å². The van der Waals surface area contributed by atoms with Crippen LogP contribution in [-0.2, 0) is 17.8 Å². The van der Waals surface area contributed by atoms with Crippen molar-refractivity contribution in [2.45, 2.75) is 20.0 Å². The molecule has 4 rings (SSSR count). The van der Waals surface area contributed by atoms with E-state index >= 15 is 0 Å². The molecule has 2 aromatic carbocycles. The van der Waals surface area contributed by atoms with Crippen LogP contribution in [0.1, 0.15) is 26.5 Å². The summed E-state index contributed by atoms with van der Waals surface area (Å²) in [4.78, 5) is 43.7. The molecule has 0 radical (unpaired) electrons. The molecule has 168 valence electrons. The molecule has 0 aliphatic heterocycles. The molecule has 1 N–H and O–H groups in total. The number of hydrogen-bond donors (Lipinski definition) is 1. The maximum absolute atomic E-state index is 13.0. The maximum Gasteiger partial charge on any atom is 0.301 e. The van der Waals surface area contributed by atoms with Crippen LogP contribution >= 0.6 is 11.3 Å². The van der Waals surface area contributed by atoms with Crippen molar-refractivity contribution >= 4 is 28.0 Å². The highest BCUT2D eigenvalue weighted by Gasteiger charge is 2.22. The van der Waals surface area contributed by atoms with Gasteiger partial charge in [0.1, 0.15) is 12.4 Å². The van der Waals surface area contributed by atoms with Crippen LogP contribution in [0.5, 0.6) is 5.75 Å². The molecule has 0 spiro atoms. The van der Waals surface area contributed by atoms with Crippen LogP contribution in [0.25, 0.3) is 4.96 Å². The van der Waals surface area contributed by atoms with Crippen LogP contribution in [0.15, 0.2) is 65.6 Å². The number of thiazole rings is 1. The molecule has 33 heavy (non-hydrogen) atoms. The first kappa shape index (κ1) is 22.3. The number of carbonyl (C=O) groups is 2. The number of ketones is 1. The molecule has 0 bridgehead atoms. The highest BCUT2D eigenvalue weighted by molar-refractivity contribution is 7.16. The first-order chi connectivity index (χ1) is 15.9. The Balaban J connectivity index is 1.54. The second-order valence-electron chi connectivity index (χ2n) is 7.39. The lowest BCUT2D eigenvalue weighted by Gasteiger charge is -2.11. The number of halogens is 1. The molecule has 9 heteroatoms. The van der Waals surface area contributed by atoms with E-state index in [1.807, 2.05) is 37.3 Å². The van der Waals surface area contributed by atoms with E-state index in [0.29, 0.717) is 10.5 Å². The molecule has 4 aromatic rings. The van der Waals surface area contributed by atoms with Crippen LogP contribution in [0.3, 0.4) is 0 Å². The van der Waals surface area contributed by atoms with Crippen molar-refractivity contribution in [1.82, 2.24) is 14.7 Å². The number of Topliss-reactive ketones (excluding diaryl/α,β-unsaturated/α-hetero) is 1. The number of hydrogen-bond acceptors (Lipinski definition) is 6. The predicted octanol–water partition coefficient (Wildman–Crippen LogP) is 3.32. The molecule has 2 heterocycles. The summed E-state index contributed by atoms with van der Waals surface area (Å²) in [5.74, 6) is -1.53. The summed E-state index contributed by atoms with van der Waals surface area (Å²) in [7, 11) is 0. The number of ether oxygens (including phenoxy) is 1. The Morgan fingerprint density at radius 3 is 2.55 bits per heavy atom. The Morgan fingerprint density at radius 2 is 1.82 bits per heavy atom. The summed E-state index contributed by atoms with van der Waals surface area (Å²) in [5.41, 5.74) is 0.786. The van der Waals surface area contributed by atoms with Crippen molar-refractivity contribution in [3.8, 4) is 5.75 Å². The van der Waals surface area contributed by atoms with Gasteiger partial charge in [0.05, 0.1) is 6.54 Å². The van der Waals surface area contributed by atoms with Gasteiger partial charge in [0.15, 0.2) is 16.4 Å². The van der Waals surface area contributed by atoms with Gasteiger partial charge >= 0.3 is 5.56 Å². The lowest BCUT2D eigenvalue weighted by molar-refractivity contribution is -0.117. The van der Waals surface area contributed by atoms with Crippen LogP contribution in [-0.4, -0.2) is 27.6 Å².